The molecule has 184 valence electrons. The van der Waals surface area contributed by atoms with Crippen LogP contribution < -0.4 is 10.6 Å². The zero-order valence-electron chi connectivity index (χ0n) is 19.5. The van der Waals surface area contributed by atoms with Crippen LogP contribution in [0.4, 0.5) is 0 Å². The molecular formula is C26H32Cl2N2O4. The molecule has 8 heteroatoms. The van der Waals surface area contributed by atoms with Crippen LogP contribution in [0.3, 0.4) is 0 Å². The van der Waals surface area contributed by atoms with Gasteiger partial charge in [-0.05, 0) is 84.3 Å². The Kier molecular flexibility index (Phi) is 11.6. The SMILES string of the molecule is C[C@H]1CNCCc2ccc(Cl)cc21.C[C@H]1CNCCc2ccc(Cl)cc21.O=C(O)/C=C/C(=O)O. The lowest BCUT2D eigenvalue weighted by Gasteiger charge is -2.11. The highest BCUT2D eigenvalue weighted by Gasteiger charge is 2.15. The minimum absolute atomic E-state index is 0.558. The molecule has 2 aromatic rings. The van der Waals surface area contributed by atoms with E-state index in [-0.39, 0.29) is 0 Å². The van der Waals surface area contributed by atoms with E-state index >= 15 is 0 Å². The van der Waals surface area contributed by atoms with Gasteiger partial charge >= 0.3 is 11.9 Å². The van der Waals surface area contributed by atoms with E-state index in [0.29, 0.717) is 24.0 Å². The molecule has 2 atom stereocenters. The predicted octanol–water partition coefficient (Wildman–Crippen LogP) is 4.89. The number of hydrogen-bond acceptors (Lipinski definition) is 4. The van der Waals surface area contributed by atoms with Gasteiger partial charge in [0.05, 0.1) is 0 Å². The molecule has 0 spiro atoms. The van der Waals surface area contributed by atoms with E-state index in [9.17, 15) is 9.59 Å². The second-order valence-corrected chi connectivity index (χ2v) is 9.28. The van der Waals surface area contributed by atoms with Crippen LogP contribution in [0.1, 0.15) is 47.9 Å². The van der Waals surface area contributed by atoms with Gasteiger partial charge in [-0.3, -0.25) is 0 Å². The van der Waals surface area contributed by atoms with Crippen LogP contribution in [-0.4, -0.2) is 48.3 Å². The lowest BCUT2D eigenvalue weighted by Crippen LogP contribution is -2.18. The van der Waals surface area contributed by atoms with Gasteiger partial charge in [0.2, 0.25) is 0 Å². The van der Waals surface area contributed by atoms with Gasteiger partial charge in [0, 0.05) is 35.3 Å². The van der Waals surface area contributed by atoms with Crippen LogP contribution in [0.2, 0.25) is 10.0 Å². The highest BCUT2D eigenvalue weighted by atomic mass is 35.5. The van der Waals surface area contributed by atoms with Gasteiger partial charge in [-0.2, -0.15) is 0 Å². The zero-order chi connectivity index (χ0) is 25.1. The maximum Gasteiger partial charge on any atom is 0.328 e. The summed E-state index contributed by atoms with van der Waals surface area (Å²) in [6, 6.07) is 12.5. The average molecular weight is 507 g/mol. The molecule has 0 aliphatic carbocycles. The summed E-state index contributed by atoms with van der Waals surface area (Å²) in [6.07, 6.45) is 3.36. The third-order valence-electron chi connectivity index (χ3n) is 5.69. The number of fused-ring (bicyclic) bond motifs is 2. The summed E-state index contributed by atoms with van der Waals surface area (Å²) >= 11 is 11.9. The van der Waals surface area contributed by atoms with Crippen LogP contribution in [0.15, 0.2) is 48.6 Å². The molecule has 0 bridgehead atoms. The summed E-state index contributed by atoms with van der Waals surface area (Å²) in [5, 5.41) is 24.2. The van der Waals surface area contributed by atoms with Crippen molar-refractivity contribution in [3.63, 3.8) is 0 Å². The standard InChI is InChI=1S/2C11H14ClN.C4H4O4/c2*1-8-7-13-5-4-9-2-3-10(12)6-11(8)9;5-3(6)1-2-4(7)8/h2*2-3,6,8,13H,4-5,7H2,1H3;1-2H,(H,5,6)(H,7,8)/b;;2-1+/t2*8-;/m00./s1. The molecule has 0 radical (unpaired) electrons. The Bertz CT molecular complexity index is 931. The number of aliphatic carboxylic acids is 2. The minimum Gasteiger partial charge on any atom is -0.478 e. The van der Waals surface area contributed by atoms with E-state index in [1.807, 2.05) is 12.1 Å². The molecule has 0 saturated carbocycles. The van der Waals surface area contributed by atoms with E-state index < -0.39 is 11.9 Å². The summed E-state index contributed by atoms with van der Waals surface area (Å²) in [6.45, 7) is 8.78. The first-order valence-electron chi connectivity index (χ1n) is 11.3. The van der Waals surface area contributed by atoms with Crippen LogP contribution in [0, 0.1) is 0 Å². The second-order valence-electron chi connectivity index (χ2n) is 8.41. The molecular weight excluding hydrogens is 475 g/mol. The molecule has 4 rings (SSSR count). The van der Waals surface area contributed by atoms with Gasteiger partial charge in [0.1, 0.15) is 0 Å². The van der Waals surface area contributed by atoms with E-state index in [1.54, 1.807) is 0 Å². The van der Waals surface area contributed by atoms with E-state index in [1.165, 1.54) is 22.3 Å². The fraction of sp³-hybridized carbons (Fsp3) is 0.385. The Morgan fingerprint density at radius 1 is 0.794 bits per heavy atom. The van der Waals surface area contributed by atoms with Gasteiger partial charge < -0.3 is 20.8 Å². The Labute approximate surface area is 211 Å². The average Bonchev–Trinajstić information content (AvgIpc) is 3.09. The Balaban J connectivity index is 0.000000187. The number of hydrogen-bond donors (Lipinski definition) is 4. The monoisotopic (exact) mass is 506 g/mol. The number of halogens is 2. The summed E-state index contributed by atoms with van der Waals surface area (Å²) in [5.74, 6) is -1.35. The van der Waals surface area contributed by atoms with Gasteiger partial charge in [0.25, 0.3) is 0 Å². The topological polar surface area (TPSA) is 98.7 Å². The van der Waals surface area contributed by atoms with Crippen LogP contribution >= 0.6 is 23.2 Å². The van der Waals surface area contributed by atoms with Crippen molar-refractivity contribution in [1.82, 2.24) is 10.6 Å². The van der Waals surface area contributed by atoms with Crippen molar-refractivity contribution < 1.29 is 19.8 Å². The number of benzene rings is 2. The highest BCUT2D eigenvalue weighted by Crippen LogP contribution is 2.26. The molecule has 34 heavy (non-hydrogen) atoms. The molecule has 0 aromatic heterocycles. The summed E-state index contributed by atoms with van der Waals surface area (Å²) in [7, 11) is 0. The second kappa shape index (κ2) is 14.1. The van der Waals surface area contributed by atoms with Crippen molar-refractivity contribution in [2.75, 3.05) is 26.2 Å². The molecule has 2 aliphatic heterocycles. The maximum absolute atomic E-state index is 9.55. The maximum atomic E-state index is 9.55. The van der Waals surface area contributed by atoms with E-state index in [2.05, 4.69) is 48.7 Å². The third kappa shape index (κ3) is 9.47. The lowest BCUT2D eigenvalue weighted by molar-refractivity contribution is -0.134. The predicted molar refractivity (Wildman–Crippen MR) is 137 cm³/mol. The molecule has 2 aliphatic rings. The fourth-order valence-corrected chi connectivity index (χ4v) is 4.31. The Morgan fingerprint density at radius 3 is 1.53 bits per heavy atom. The van der Waals surface area contributed by atoms with Crippen LogP contribution in [0.5, 0.6) is 0 Å². The summed E-state index contributed by atoms with van der Waals surface area (Å²) in [4.78, 5) is 19.1. The van der Waals surface area contributed by atoms with Crippen molar-refractivity contribution in [2.24, 2.45) is 0 Å². The van der Waals surface area contributed by atoms with Crippen molar-refractivity contribution in [1.29, 1.82) is 0 Å². The quantitative estimate of drug-likeness (QED) is 0.432. The van der Waals surface area contributed by atoms with Gasteiger partial charge in [-0.25, -0.2) is 9.59 Å². The first-order valence-corrected chi connectivity index (χ1v) is 12.0. The number of rotatable bonds is 2. The molecule has 0 unspecified atom stereocenters. The van der Waals surface area contributed by atoms with Crippen molar-refractivity contribution in [2.45, 2.75) is 38.5 Å². The fourth-order valence-electron chi connectivity index (χ4n) is 3.95. The third-order valence-corrected chi connectivity index (χ3v) is 6.16. The molecule has 4 N–H and O–H groups in total. The molecule has 2 heterocycles. The highest BCUT2D eigenvalue weighted by molar-refractivity contribution is 6.31. The Morgan fingerprint density at radius 2 is 1.18 bits per heavy atom. The molecule has 6 nitrogen and oxygen atoms in total. The normalized spacial score (nSPS) is 19.2. The van der Waals surface area contributed by atoms with E-state index in [4.69, 9.17) is 33.4 Å². The molecule has 2 aromatic carbocycles. The zero-order valence-corrected chi connectivity index (χ0v) is 21.0. The molecule has 0 saturated heterocycles. The van der Waals surface area contributed by atoms with Crippen LogP contribution in [0.25, 0.3) is 0 Å². The van der Waals surface area contributed by atoms with Crippen molar-refractivity contribution in [3.8, 4) is 0 Å². The number of carboxylic acid groups (broad SMARTS) is 2. The molecule has 0 amide bonds. The summed E-state index contributed by atoms with van der Waals surface area (Å²) in [5.41, 5.74) is 5.72. The lowest BCUT2D eigenvalue weighted by atomic mass is 9.96. The number of carboxylic acids is 2. The number of nitrogens with one attached hydrogen (secondary N) is 2. The van der Waals surface area contributed by atoms with Gasteiger partial charge in [-0.15, -0.1) is 0 Å². The van der Waals surface area contributed by atoms with Crippen molar-refractivity contribution >= 4 is 35.1 Å². The number of carbonyl (C=O) groups is 2. The molecule has 0 fully saturated rings. The summed E-state index contributed by atoms with van der Waals surface area (Å²) < 4.78 is 0. The van der Waals surface area contributed by atoms with Crippen LogP contribution in [-0.2, 0) is 22.4 Å². The van der Waals surface area contributed by atoms with E-state index in [0.717, 1.165) is 49.1 Å². The first-order chi connectivity index (χ1) is 16.2. The first kappa shape index (κ1) is 27.9. The smallest absolute Gasteiger partial charge is 0.328 e. The Hall–Kier alpha value is -2.38. The minimum atomic E-state index is -1.26. The van der Waals surface area contributed by atoms with Gasteiger partial charge in [0.15, 0.2) is 0 Å². The van der Waals surface area contributed by atoms with Gasteiger partial charge in [-0.1, -0.05) is 49.2 Å². The largest absolute Gasteiger partial charge is 0.478 e. The van der Waals surface area contributed by atoms with Crippen molar-refractivity contribution in [3.05, 3.63) is 80.8 Å².